The van der Waals surface area contributed by atoms with E-state index in [1.165, 1.54) is 0 Å². The molecule has 2 rings (SSSR count). The van der Waals surface area contributed by atoms with E-state index in [9.17, 15) is 23.1 Å². The zero-order valence-electron chi connectivity index (χ0n) is 10.7. The fourth-order valence-corrected chi connectivity index (χ4v) is 2.48. The Morgan fingerprint density at radius 3 is 2.60 bits per heavy atom. The molecule has 0 bridgehead atoms. The standard InChI is InChI=1S/C13H15F3N2O2/c14-13(15,16)9-3-6-17-10(7-9)18-8-12(11(19)20)4-1-2-5-12/h3,6-7H,1-2,4-5,8H2,(H,17,18)(H,19,20). The Hall–Kier alpha value is -1.79. The average Bonchev–Trinajstić information content (AvgIpc) is 2.86. The van der Waals surface area contributed by atoms with Gasteiger partial charge in [-0.1, -0.05) is 12.8 Å². The van der Waals surface area contributed by atoms with Crippen LogP contribution in [-0.2, 0) is 11.0 Å². The van der Waals surface area contributed by atoms with Gasteiger partial charge in [-0.2, -0.15) is 13.2 Å². The van der Waals surface area contributed by atoms with Gasteiger partial charge in [-0.3, -0.25) is 4.79 Å². The van der Waals surface area contributed by atoms with Gasteiger partial charge < -0.3 is 10.4 Å². The lowest BCUT2D eigenvalue weighted by Gasteiger charge is -2.24. The molecule has 0 radical (unpaired) electrons. The molecule has 1 aliphatic rings. The highest BCUT2D eigenvalue weighted by atomic mass is 19.4. The zero-order valence-corrected chi connectivity index (χ0v) is 10.7. The quantitative estimate of drug-likeness (QED) is 0.893. The van der Waals surface area contributed by atoms with Crippen LogP contribution < -0.4 is 5.32 Å². The lowest BCUT2D eigenvalue weighted by atomic mass is 9.86. The van der Waals surface area contributed by atoms with Crippen molar-refractivity contribution in [3.8, 4) is 0 Å². The van der Waals surface area contributed by atoms with Crippen LogP contribution in [0.2, 0.25) is 0 Å². The molecule has 0 spiro atoms. The predicted octanol–water partition coefficient (Wildman–Crippen LogP) is 3.16. The second kappa shape index (κ2) is 5.30. The number of carbonyl (C=O) groups is 1. The minimum Gasteiger partial charge on any atom is -0.481 e. The fourth-order valence-electron chi connectivity index (χ4n) is 2.48. The Kier molecular flexibility index (Phi) is 3.87. The number of aromatic nitrogens is 1. The molecule has 1 aromatic rings. The van der Waals surface area contributed by atoms with Crippen LogP contribution in [0.3, 0.4) is 0 Å². The van der Waals surface area contributed by atoms with Crippen LogP contribution in [-0.4, -0.2) is 22.6 Å². The van der Waals surface area contributed by atoms with Gasteiger partial charge in [0.05, 0.1) is 11.0 Å². The van der Waals surface area contributed by atoms with Crippen molar-refractivity contribution in [1.29, 1.82) is 0 Å². The van der Waals surface area contributed by atoms with Crippen LogP contribution in [0.15, 0.2) is 18.3 Å². The molecule has 4 nitrogen and oxygen atoms in total. The predicted molar refractivity (Wildman–Crippen MR) is 66.3 cm³/mol. The summed E-state index contributed by atoms with van der Waals surface area (Å²) in [6, 6.07) is 1.78. The van der Waals surface area contributed by atoms with Gasteiger partial charge in [-0.25, -0.2) is 4.98 Å². The lowest BCUT2D eigenvalue weighted by molar-refractivity contribution is -0.147. The smallest absolute Gasteiger partial charge is 0.416 e. The fraction of sp³-hybridized carbons (Fsp3) is 0.538. The number of hydrogen-bond acceptors (Lipinski definition) is 3. The molecule has 0 atom stereocenters. The van der Waals surface area contributed by atoms with Crippen LogP contribution >= 0.6 is 0 Å². The summed E-state index contributed by atoms with van der Waals surface area (Å²) in [5.41, 5.74) is -1.69. The van der Waals surface area contributed by atoms with Gasteiger partial charge >= 0.3 is 12.1 Å². The summed E-state index contributed by atoms with van der Waals surface area (Å²) in [7, 11) is 0. The summed E-state index contributed by atoms with van der Waals surface area (Å²) in [5, 5.41) is 12.0. The second-order valence-corrected chi connectivity index (χ2v) is 5.07. The molecule has 0 aliphatic heterocycles. The van der Waals surface area contributed by atoms with Crippen molar-refractivity contribution < 1.29 is 23.1 Å². The van der Waals surface area contributed by atoms with E-state index < -0.39 is 23.1 Å². The Bertz CT molecular complexity index is 497. The SMILES string of the molecule is O=C(O)C1(CNc2cc(C(F)(F)F)ccn2)CCCC1. The van der Waals surface area contributed by atoms with E-state index in [2.05, 4.69) is 10.3 Å². The molecule has 7 heteroatoms. The largest absolute Gasteiger partial charge is 0.481 e. The van der Waals surface area contributed by atoms with E-state index in [4.69, 9.17) is 0 Å². The first-order valence-corrected chi connectivity index (χ1v) is 6.34. The Morgan fingerprint density at radius 2 is 2.05 bits per heavy atom. The third-order valence-electron chi connectivity index (χ3n) is 3.71. The van der Waals surface area contributed by atoms with Gasteiger partial charge in [0.2, 0.25) is 0 Å². The number of hydrogen-bond donors (Lipinski definition) is 2. The maximum Gasteiger partial charge on any atom is 0.416 e. The van der Waals surface area contributed by atoms with E-state index >= 15 is 0 Å². The average molecular weight is 288 g/mol. The summed E-state index contributed by atoms with van der Waals surface area (Å²) in [6.45, 7) is 0.0939. The van der Waals surface area contributed by atoms with Gasteiger partial charge in [0, 0.05) is 12.7 Å². The summed E-state index contributed by atoms with van der Waals surface area (Å²) in [6.07, 6.45) is -0.652. The molecule has 1 aromatic heterocycles. The first kappa shape index (κ1) is 14.6. The molecule has 1 aliphatic carbocycles. The summed E-state index contributed by atoms with van der Waals surface area (Å²) >= 11 is 0. The molecule has 110 valence electrons. The van der Waals surface area contributed by atoms with Crippen molar-refractivity contribution in [1.82, 2.24) is 4.98 Å². The lowest BCUT2D eigenvalue weighted by Crippen LogP contribution is -2.35. The number of alkyl halides is 3. The van der Waals surface area contributed by atoms with E-state index in [-0.39, 0.29) is 12.4 Å². The van der Waals surface area contributed by atoms with Gasteiger partial charge in [0.1, 0.15) is 5.82 Å². The monoisotopic (exact) mass is 288 g/mol. The molecule has 1 fully saturated rings. The normalized spacial score (nSPS) is 17.9. The highest BCUT2D eigenvalue weighted by Crippen LogP contribution is 2.38. The number of rotatable bonds is 4. The Balaban J connectivity index is 2.09. The number of carboxylic acid groups (broad SMARTS) is 1. The van der Waals surface area contributed by atoms with Gasteiger partial charge in [-0.05, 0) is 25.0 Å². The van der Waals surface area contributed by atoms with Gasteiger partial charge in [0.25, 0.3) is 0 Å². The maximum atomic E-state index is 12.6. The second-order valence-electron chi connectivity index (χ2n) is 5.07. The number of nitrogens with one attached hydrogen (secondary N) is 1. The molecular formula is C13H15F3N2O2. The van der Waals surface area contributed by atoms with Crippen LogP contribution in [0.1, 0.15) is 31.2 Å². The molecule has 0 unspecified atom stereocenters. The van der Waals surface area contributed by atoms with Crippen molar-refractivity contribution in [2.45, 2.75) is 31.9 Å². The molecule has 1 heterocycles. The topological polar surface area (TPSA) is 62.2 Å². The molecule has 0 saturated heterocycles. The summed E-state index contributed by atoms with van der Waals surface area (Å²) < 4.78 is 37.7. The Morgan fingerprint density at radius 1 is 1.40 bits per heavy atom. The minimum atomic E-state index is -4.43. The number of carboxylic acids is 1. The molecule has 0 amide bonds. The number of anilines is 1. The van der Waals surface area contributed by atoms with Gasteiger partial charge in [-0.15, -0.1) is 0 Å². The first-order chi connectivity index (χ1) is 9.33. The van der Waals surface area contributed by atoms with Crippen molar-refractivity contribution >= 4 is 11.8 Å². The van der Waals surface area contributed by atoms with Crippen LogP contribution in [0, 0.1) is 5.41 Å². The highest BCUT2D eigenvalue weighted by molar-refractivity contribution is 5.75. The number of pyridine rings is 1. The molecule has 2 N–H and O–H groups in total. The molecule has 20 heavy (non-hydrogen) atoms. The number of nitrogens with zero attached hydrogens (tertiary/aromatic N) is 1. The van der Waals surface area contributed by atoms with Crippen molar-refractivity contribution in [2.75, 3.05) is 11.9 Å². The van der Waals surface area contributed by atoms with E-state index in [0.717, 1.165) is 31.2 Å². The van der Waals surface area contributed by atoms with E-state index in [1.807, 2.05) is 0 Å². The van der Waals surface area contributed by atoms with Crippen molar-refractivity contribution in [3.05, 3.63) is 23.9 Å². The minimum absolute atomic E-state index is 0.0485. The van der Waals surface area contributed by atoms with E-state index in [0.29, 0.717) is 12.8 Å². The Labute approximate surface area is 114 Å². The van der Waals surface area contributed by atoms with Crippen LogP contribution in [0.25, 0.3) is 0 Å². The first-order valence-electron chi connectivity index (χ1n) is 6.34. The third kappa shape index (κ3) is 3.02. The summed E-state index contributed by atoms with van der Waals surface area (Å²) in [5.74, 6) is -0.859. The molecule has 1 saturated carbocycles. The molecular weight excluding hydrogens is 273 g/mol. The third-order valence-corrected chi connectivity index (χ3v) is 3.71. The highest BCUT2D eigenvalue weighted by Gasteiger charge is 2.41. The number of aliphatic carboxylic acids is 1. The van der Waals surface area contributed by atoms with E-state index in [1.54, 1.807) is 0 Å². The number of halogens is 3. The zero-order chi connectivity index (χ0) is 14.8. The van der Waals surface area contributed by atoms with Crippen LogP contribution in [0.4, 0.5) is 19.0 Å². The molecule has 0 aromatic carbocycles. The summed E-state index contributed by atoms with van der Waals surface area (Å²) in [4.78, 5) is 15.1. The maximum absolute atomic E-state index is 12.6. The van der Waals surface area contributed by atoms with Crippen molar-refractivity contribution in [2.24, 2.45) is 5.41 Å². The van der Waals surface area contributed by atoms with Crippen molar-refractivity contribution in [3.63, 3.8) is 0 Å². The van der Waals surface area contributed by atoms with Gasteiger partial charge in [0.15, 0.2) is 0 Å². The van der Waals surface area contributed by atoms with Crippen LogP contribution in [0.5, 0.6) is 0 Å².